The summed E-state index contributed by atoms with van der Waals surface area (Å²) in [5.74, 6) is 3.36. The first-order chi connectivity index (χ1) is 12.2. The van der Waals surface area contributed by atoms with Crippen LogP contribution in [0, 0.1) is 12.3 Å². The molecule has 1 aliphatic rings. The van der Waals surface area contributed by atoms with E-state index < -0.39 is 6.29 Å². The number of fused-ring (bicyclic) bond motifs is 1. The number of anilines is 1. The minimum atomic E-state index is -0.409. The number of hydrogen-bond acceptors (Lipinski definition) is 5. The molecule has 25 heavy (non-hydrogen) atoms. The van der Waals surface area contributed by atoms with E-state index >= 15 is 0 Å². The van der Waals surface area contributed by atoms with Crippen molar-refractivity contribution in [1.82, 2.24) is 0 Å². The van der Waals surface area contributed by atoms with Crippen molar-refractivity contribution in [2.24, 2.45) is 0 Å². The van der Waals surface area contributed by atoms with Gasteiger partial charge in [-0.3, -0.25) is 0 Å². The average Bonchev–Trinajstić information content (AvgIpc) is 2.66. The third kappa shape index (κ3) is 4.05. The molecule has 3 rings (SSSR count). The Hall–Kier alpha value is -2.26. The van der Waals surface area contributed by atoms with Crippen LogP contribution in [0.4, 0.5) is 5.69 Å². The van der Waals surface area contributed by atoms with Crippen LogP contribution in [0.3, 0.4) is 0 Å². The van der Waals surface area contributed by atoms with Gasteiger partial charge in [0.05, 0.1) is 25.3 Å². The van der Waals surface area contributed by atoms with Crippen molar-refractivity contribution in [3.63, 3.8) is 0 Å². The molecule has 1 saturated heterocycles. The lowest BCUT2D eigenvalue weighted by molar-refractivity contribution is -0.183. The van der Waals surface area contributed by atoms with Crippen molar-refractivity contribution in [3.05, 3.63) is 35.9 Å². The molecule has 0 aromatic heterocycles. The second kappa shape index (κ2) is 8.21. The summed E-state index contributed by atoms with van der Waals surface area (Å²) in [6.45, 7) is 2.09. The number of ether oxygens (including phenoxy) is 4. The Morgan fingerprint density at radius 2 is 2.00 bits per heavy atom. The maximum Gasteiger partial charge on any atom is 0.188 e. The molecule has 5 heteroatoms. The minimum Gasteiger partial charge on any atom is -0.467 e. The first-order valence-electron chi connectivity index (χ1n) is 8.30. The van der Waals surface area contributed by atoms with Crippen molar-refractivity contribution >= 4 is 16.5 Å². The molecule has 2 aromatic rings. The molecular formula is C20H23NO4. The lowest BCUT2D eigenvalue weighted by Crippen LogP contribution is -2.19. The lowest BCUT2D eigenvalue weighted by atomic mass is 10.0. The number of nitrogens with zero attached hydrogens (tertiary/aromatic N) is 1. The van der Waals surface area contributed by atoms with E-state index in [1.54, 1.807) is 7.11 Å². The highest BCUT2D eigenvalue weighted by Gasteiger charge is 2.22. The molecule has 0 bridgehead atoms. The normalized spacial score (nSPS) is 15.1. The molecule has 0 amide bonds. The zero-order valence-corrected chi connectivity index (χ0v) is 14.7. The smallest absolute Gasteiger partial charge is 0.188 e. The van der Waals surface area contributed by atoms with Crippen molar-refractivity contribution in [2.45, 2.75) is 12.7 Å². The molecule has 0 N–H and O–H groups in total. The summed E-state index contributed by atoms with van der Waals surface area (Å²) in [7, 11) is 3.57. The zero-order chi connectivity index (χ0) is 17.6. The van der Waals surface area contributed by atoms with Crippen LogP contribution in [0.5, 0.6) is 5.75 Å². The molecule has 2 aromatic carbocycles. The van der Waals surface area contributed by atoms with Crippen LogP contribution in [-0.2, 0) is 14.2 Å². The van der Waals surface area contributed by atoms with E-state index in [-0.39, 0.29) is 6.79 Å². The van der Waals surface area contributed by atoms with Gasteiger partial charge in [-0.05, 0) is 41.5 Å². The zero-order valence-electron chi connectivity index (χ0n) is 14.7. The van der Waals surface area contributed by atoms with Crippen LogP contribution in [0.15, 0.2) is 30.3 Å². The molecule has 0 unspecified atom stereocenters. The van der Waals surface area contributed by atoms with E-state index in [2.05, 4.69) is 30.2 Å². The largest absolute Gasteiger partial charge is 0.467 e. The van der Waals surface area contributed by atoms with Gasteiger partial charge in [-0.2, -0.15) is 0 Å². The first-order valence-corrected chi connectivity index (χ1v) is 8.30. The fourth-order valence-electron chi connectivity index (χ4n) is 2.85. The molecule has 0 spiro atoms. The van der Waals surface area contributed by atoms with Crippen LogP contribution >= 0.6 is 0 Å². The monoisotopic (exact) mass is 341 g/mol. The van der Waals surface area contributed by atoms with E-state index in [0.29, 0.717) is 25.5 Å². The van der Waals surface area contributed by atoms with E-state index in [9.17, 15) is 0 Å². The van der Waals surface area contributed by atoms with E-state index in [1.807, 2.05) is 18.0 Å². The Morgan fingerprint density at radius 3 is 2.72 bits per heavy atom. The summed E-state index contributed by atoms with van der Waals surface area (Å²) < 4.78 is 22.3. The Balaban J connectivity index is 2.00. The quantitative estimate of drug-likeness (QED) is 0.595. The van der Waals surface area contributed by atoms with Gasteiger partial charge in [-0.1, -0.05) is 12.0 Å². The van der Waals surface area contributed by atoms with Crippen LogP contribution < -0.4 is 9.64 Å². The minimum absolute atomic E-state index is 0.169. The van der Waals surface area contributed by atoms with Crippen LogP contribution in [0.25, 0.3) is 10.8 Å². The molecule has 0 saturated carbocycles. The molecule has 0 aliphatic carbocycles. The predicted molar refractivity (Wildman–Crippen MR) is 97.8 cm³/mol. The van der Waals surface area contributed by atoms with Crippen molar-refractivity contribution < 1.29 is 18.9 Å². The summed E-state index contributed by atoms with van der Waals surface area (Å²) in [5.41, 5.74) is 1.94. The fourth-order valence-corrected chi connectivity index (χ4v) is 2.85. The van der Waals surface area contributed by atoms with Crippen LogP contribution in [0.1, 0.15) is 18.3 Å². The maximum absolute atomic E-state index is 5.77. The summed E-state index contributed by atoms with van der Waals surface area (Å²) in [4.78, 5) is 2.02. The summed E-state index contributed by atoms with van der Waals surface area (Å²) in [6.07, 6.45) is 5.90. The molecule has 1 aliphatic heterocycles. The van der Waals surface area contributed by atoms with Gasteiger partial charge in [0.25, 0.3) is 0 Å². The predicted octanol–water partition coefficient (Wildman–Crippen LogP) is 3.33. The van der Waals surface area contributed by atoms with Gasteiger partial charge in [0.15, 0.2) is 13.1 Å². The van der Waals surface area contributed by atoms with E-state index in [4.69, 9.17) is 25.4 Å². The maximum atomic E-state index is 5.77. The second-order valence-electron chi connectivity index (χ2n) is 5.96. The SMILES string of the molecule is C#CCN(C)c1ccc2cc(C3OCCCO3)c(OCOC)cc2c1. The third-order valence-corrected chi connectivity index (χ3v) is 4.14. The van der Waals surface area contributed by atoms with Gasteiger partial charge in [-0.25, -0.2) is 0 Å². The number of hydrogen-bond donors (Lipinski definition) is 0. The second-order valence-corrected chi connectivity index (χ2v) is 5.96. The number of rotatable bonds is 6. The molecule has 1 fully saturated rings. The summed E-state index contributed by atoms with van der Waals surface area (Å²) >= 11 is 0. The topological polar surface area (TPSA) is 40.2 Å². The average molecular weight is 341 g/mol. The van der Waals surface area contributed by atoms with Gasteiger partial charge >= 0.3 is 0 Å². The van der Waals surface area contributed by atoms with Gasteiger partial charge < -0.3 is 23.8 Å². The summed E-state index contributed by atoms with van der Waals surface area (Å²) in [5, 5.41) is 2.16. The molecule has 0 atom stereocenters. The third-order valence-electron chi connectivity index (χ3n) is 4.14. The Labute approximate surface area is 148 Å². The molecular weight excluding hydrogens is 318 g/mol. The Kier molecular flexibility index (Phi) is 5.77. The van der Waals surface area contributed by atoms with Crippen molar-refractivity contribution in [3.8, 4) is 18.1 Å². The Morgan fingerprint density at radius 1 is 1.20 bits per heavy atom. The number of methoxy groups -OCH3 is 1. The number of benzene rings is 2. The first kappa shape index (κ1) is 17.6. The van der Waals surface area contributed by atoms with Gasteiger partial charge in [0.1, 0.15) is 5.75 Å². The Bertz CT molecular complexity index is 762. The van der Waals surface area contributed by atoms with Crippen molar-refractivity contribution in [2.75, 3.05) is 45.6 Å². The van der Waals surface area contributed by atoms with Gasteiger partial charge in [0.2, 0.25) is 0 Å². The van der Waals surface area contributed by atoms with Gasteiger partial charge in [0, 0.05) is 19.8 Å². The van der Waals surface area contributed by atoms with E-state index in [0.717, 1.165) is 28.4 Å². The highest BCUT2D eigenvalue weighted by atomic mass is 16.7. The molecule has 5 nitrogen and oxygen atoms in total. The number of terminal acetylenes is 1. The highest BCUT2D eigenvalue weighted by Crippen LogP contribution is 2.35. The van der Waals surface area contributed by atoms with Crippen LogP contribution in [-0.4, -0.2) is 40.7 Å². The van der Waals surface area contributed by atoms with Crippen molar-refractivity contribution in [1.29, 1.82) is 0 Å². The molecule has 1 heterocycles. The highest BCUT2D eigenvalue weighted by molar-refractivity contribution is 5.88. The molecule has 132 valence electrons. The van der Waals surface area contributed by atoms with E-state index in [1.165, 1.54) is 0 Å². The lowest BCUT2D eigenvalue weighted by Gasteiger charge is -2.25. The van der Waals surface area contributed by atoms with Gasteiger partial charge in [-0.15, -0.1) is 6.42 Å². The fraction of sp³-hybridized carbons (Fsp3) is 0.400. The summed E-state index contributed by atoms with van der Waals surface area (Å²) in [6, 6.07) is 10.3. The standard InChI is InChI=1S/C20H23NO4/c1-4-8-21(2)17-7-6-15-12-18(20-23-9-5-10-24-20)19(25-14-22-3)13-16(15)11-17/h1,6-7,11-13,20H,5,8-10,14H2,2-3H3. The molecule has 0 radical (unpaired) electrons. The van der Waals surface area contributed by atoms with Crippen LogP contribution in [0.2, 0.25) is 0 Å².